The summed E-state index contributed by atoms with van der Waals surface area (Å²) in [5, 5.41) is 14.6. The van der Waals surface area contributed by atoms with Crippen LogP contribution in [0.3, 0.4) is 0 Å². The normalized spacial score (nSPS) is 12.8. The molecule has 0 fully saturated rings. The Balaban J connectivity index is 1.41. The fourth-order valence-electron chi connectivity index (χ4n) is 8.83. The molecule has 6 aromatic carbocycles. The number of aromatic nitrogens is 3. The van der Waals surface area contributed by atoms with Crippen molar-refractivity contribution < 1.29 is 9.52 Å². The molecule has 3 heterocycles. The Hall–Kier alpha value is -6.46. The van der Waals surface area contributed by atoms with Crippen molar-refractivity contribution in [3.63, 3.8) is 0 Å². The minimum Gasteiger partial charge on any atom is -0.507 e. The molecule has 0 aliphatic heterocycles. The van der Waals surface area contributed by atoms with Gasteiger partial charge in [0.2, 0.25) is 0 Å². The summed E-state index contributed by atoms with van der Waals surface area (Å²) in [5.74, 6) is 0.932. The van der Waals surface area contributed by atoms with Gasteiger partial charge in [0.1, 0.15) is 22.7 Å². The second kappa shape index (κ2) is 14.8. The number of fused-ring (bicyclic) bond motifs is 4. The lowest BCUT2D eigenvalue weighted by Gasteiger charge is -2.28. The van der Waals surface area contributed by atoms with Crippen molar-refractivity contribution in [3.8, 4) is 56.3 Å². The second-order valence-electron chi connectivity index (χ2n) is 21.4. The molecule has 0 bridgehead atoms. The smallest absolute Gasteiger partial charge is 0.149 e. The molecular formula is C58H59N3O2. The minimum atomic E-state index is -0.330. The van der Waals surface area contributed by atoms with Gasteiger partial charge in [-0.3, -0.25) is 9.55 Å². The van der Waals surface area contributed by atoms with Gasteiger partial charge in [-0.05, 0) is 104 Å². The third kappa shape index (κ3) is 7.52. The first-order valence-electron chi connectivity index (χ1n) is 22.2. The number of nitrogens with zero attached hydrogens (tertiary/aromatic N) is 3. The Bertz CT molecular complexity index is 3210. The lowest BCUT2D eigenvalue weighted by atomic mass is 9.79. The highest BCUT2D eigenvalue weighted by molar-refractivity contribution is 6.12. The first-order chi connectivity index (χ1) is 29.7. The summed E-state index contributed by atoms with van der Waals surface area (Å²) in [6, 6.07) is 45.3. The summed E-state index contributed by atoms with van der Waals surface area (Å²) in [6.07, 6.45) is 1.91. The number of hydrogen-bond donors (Lipinski definition) is 1. The number of aromatic hydroxyl groups is 1. The summed E-state index contributed by atoms with van der Waals surface area (Å²) in [4.78, 5) is 10.7. The molecule has 0 saturated carbocycles. The third-order valence-electron chi connectivity index (χ3n) is 12.6. The van der Waals surface area contributed by atoms with Crippen molar-refractivity contribution in [2.75, 3.05) is 0 Å². The van der Waals surface area contributed by atoms with Crippen molar-refractivity contribution in [1.82, 2.24) is 14.5 Å². The molecule has 0 unspecified atom stereocenters. The van der Waals surface area contributed by atoms with Gasteiger partial charge in [-0.2, -0.15) is 0 Å². The number of benzene rings is 6. The standard InChI is InChI=1S/C58H59N3O2/c1-55(2,3)37-25-26-48(42(31-37)35-19-14-13-15-20-35)61-49-23-18-22-40(51(49)60-54(61)45-32-39(57(7,8)9)33-46(52(45)62)58(10,11)12)36-29-43-41-21-16-17-24-50(41)63-53(43)44(30-36)47-34-38(27-28-59-47)56(4,5)6/h13-34,62H,1-12H3. The Kier molecular flexibility index (Phi) is 9.86. The SMILES string of the molecule is CC(C)(C)c1ccnc(-c2cc(-c3cccc4c3nc(-c3cc(C(C)(C)C)cc(C(C)(C)C)c3O)n4-c3ccc(C(C)(C)C)cc3-c3ccccc3)cc3c2oc2ccccc23)c1. The molecule has 3 aromatic heterocycles. The molecule has 1 N–H and O–H groups in total. The highest BCUT2D eigenvalue weighted by Gasteiger charge is 2.30. The van der Waals surface area contributed by atoms with Gasteiger partial charge in [0.05, 0.1) is 28.0 Å². The van der Waals surface area contributed by atoms with Crippen LogP contribution in [0, 0.1) is 0 Å². The zero-order valence-electron chi connectivity index (χ0n) is 38.9. The highest BCUT2D eigenvalue weighted by Crippen LogP contribution is 2.47. The average Bonchev–Trinajstić information content (AvgIpc) is 3.81. The number of hydrogen-bond acceptors (Lipinski definition) is 4. The molecule has 5 heteroatoms. The first-order valence-corrected chi connectivity index (χ1v) is 22.2. The number of furan rings is 1. The summed E-state index contributed by atoms with van der Waals surface area (Å²) < 4.78 is 8.95. The van der Waals surface area contributed by atoms with E-state index in [9.17, 15) is 5.11 Å². The molecule has 9 rings (SSSR count). The fourth-order valence-corrected chi connectivity index (χ4v) is 8.83. The van der Waals surface area contributed by atoms with E-state index in [0.29, 0.717) is 11.4 Å². The Labute approximate surface area is 372 Å². The van der Waals surface area contributed by atoms with Crippen LogP contribution in [0.25, 0.3) is 83.6 Å². The predicted octanol–water partition coefficient (Wildman–Crippen LogP) is 15.9. The first kappa shape index (κ1) is 41.9. The molecule has 9 aromatic rings. The van der Waals surface area contributed by atoms with Crippen molar-refractivity contribution in [3.05, 3.63) is 156 Å². The van der Waals surface area contributed by atoms with Gasteiger partial charge >= 0.3 is 0 Å². The number of phenols is 1. The van der Waals surface area contributed by atoms with Crippen LogP contribution in [0.2, 0.25) is 0 Å². The van der Waals surface area contributed by atoms with Gasteiger partial charge in [0.25, 0.3) is 0 Å². The maximum atomic E-state index is 12.6. The van der Waals surface area contributed by atoms with E-state index < -0.39 is 0 Å². The molecule has 0 aliphatic rings. The fraction of sp³-hybridized carbons (Fsp3) is 0.276. The minimum absolute atomic E-state index is 0.0660. The zero-order chi connectivity index (χ0) is 44.8. The van der Waals surface area contributed by atoms with E-state index in [-0.39, 0.29) is 27.4 Å². The maximum absolute atomic E-state index is 12.6. The van der Waals surface area contributed by atoms with Crippen LogP contribution in [-0.2, 0) is 21.7 Å². The number of pyridine rings is 1. The van der Waals surface area contributed by atoms with Crippen LogP contribution in [0.4, 0.5) is 0 Å². The number of rotatable bonds is 5. The summed E-state index contributed by atoms with van der Waals surface area (Å²) in [6.45, 7) is 26.6. The largest absolute Gasteiger partial charge is 0.507 e. The molecule has 5 nitrogen and oxygen atoms in total. The molecule has 318 valence electrons. The molecule has 0 amide bonds. The topological polar surface area (TPSA) is 64.1 Å². The van der Waals surface area contributed by atoms with Crippen LogP contribution >= 0.6 is 0 Å². The van der Waals surface area contributed by atoms with Crippen LogP contribution in [0.1, 0.15) is 105 Å². The van der Waals surface area contributed by atoms with Gasteiger partial charge in [-0.1, -0.05) is 156 Å². The second-order valence-corrected chi connectivity index (χ2v) is 21.4. The van der Waals surface area contributed by atoms with E-state index in [1.54, 1.807) is 0 Å². The van der Waals surface area contributed by atoms with E-state index in [1.807, 2.05) is 18.3 Å². The van der Waals surface area contributed by atoms with Gasteiger partial charge in [-0.15, -0.1) is 0 Å². The monoisotopic (exact) mass is 829 g/mol. The van der Waals surface area contributed by atoms with Gasteiger partial charge in [-0.25, -0.2) is 4.98 Å². The van der Waals surface area contributed by atoms with Crippen LogP contribution in [0.5, 0.6) is 5.75 Å². The quantitative estimate of drug-likeness (QED) is 0.188. The Morgan fingerprint density at radius 1 is 0.508 bits per heavy atom. The van der Waals surface area contributed by atoms with E-state index in [4.69, 9.17) is 14.4 Å². The zero-order valence-corrected chi connectivity index (χ0v) is 38.9. The van der Waals surface area contributed by atoms with Gasteiger partial charge in [0.15, 0.2) is 0 Å². The number of para-hydroxylation sites is 2. The molecule has 63 heavy (non-hydrogen) atoms. The molecule has 0 atom stereocenters. The van der Waals surface area contributed by atoms with E-state index >= 15 is 0 Å². The summed E-state index contributed by atoms with van der Waals surface area (Å²) in [5.41, 5.74) is 14.9. The molecule has 0 radical (unpaired) electrons. The number of imidazole rings is 1. The predicted molar refractivity (Wildman–Crippen MR) is 264 cm³/mol. The van der Waals surface area contributed by atoms with Crippen molar-refractivity contribution in [1.29, 1.82) is 0 Å². The van der Waals surface area contributed by atoms with Crippen LogP contribution < -0.4 is 0 Å². The highest BCUT2D eigenvalue weighted by atomic mass is 16.3. The summed E-state index contributed by atoms with van der Waals surface area (Å²) in [7, 11) is 0. The lowest BCUT2D eigenvalue weighted by molar-refractivity contribution is 0.446. The Morgan fingerprint density at radius 2 is 1.17 bits per heavy atom. The van der Waals surface area contributed by atoms with E-state index in [1.165, 1.54) is 11.1 Å². The van der Waals surface area contributed by atoms with E-state index in [0.717, 1.165) is 83.3 Å². The Morgan fingerprint density at radius 3 is 1.87 bits per heavy atom. The van der Waals surface area contributed by atoms with Crippen molar-refractivity contribution in [2.24, 2.45) is 0 Å². The van der Waals surface area contributed by atoms with Crippen molar-refractivity contribution in [2.45, 2.75) is 105 Å². The molecule has 0 spiro atoms. The maximum Gasteiger partial charge on any atom is 0.149 e. The van der Waals surface area contributed by atoms with Gasteiger partial charge < -0.3 is 9.52 Å². The lowest BCUT2D eigenvalue weighted by Crippen LogP contribution is -2.17. The molecule has 0 saturated heterocycles. The van der Waals surface area contributed by atoms with Crippen LogP contribution in [0.15, 0.2) is 138 Å². The van der Waals surface area contributed by atoms with Crippen molar-refractivity contribution >= 4 is 33.0 Å². The van der Waals surface area contributed by atoms with E-state index in [2.05, 4.69) is 203 Å². The third-order valence-corrected chi connectivity index (χ3v) is 12.6. The average molecular weight is 830 g/mol. The summed E-state index contributed by atoms with van der Waals surface area (Å²) >= 11 is 0. The molecular weight excluding hydrogens is 771 g/mol. The number of phenolic OH excluding ortho intramolecular Hbond substituents is 1. The van der Waals surface area contributed by atoms with Gasteiger partial charge in [0, 0.05) is 39.2 Å². The van der Waals surface area contributed by atoms with Crippen LogP contribution in [-0.4, -0.2) is 19.6 Å². The molecule has 0 aliphatic carbocycles.